The molecule has 0 radical (unpaired) electrons. The highest BCUT2D eigenvalue weighted by molar-refractivity contribution is 5.23. The van der Waals surface area contributed by atoms with Crippen LogP contribution >= 0.6 is 0 Å². The fourth-order valence-corrected chi connectivity index (χ4v) is 2.15. The normalized spacial score (nSPS) is 14.4. The number of ether oxygens (including phenoxy) is 1. The number of benzene rings is 1. The molecule has 0 amide bonds. The quantitative estimate of drug-likeness (QED) is 0.773. The van der Waals surface area contributed by atoms with E-state index in [9.17, 15) is 4.39 Å². The monoisotopic (exact) mass is 253 g/mol. The zero-order valence-corrected chi connectivity index (χ0v) is 11.4. The largest absolute Gasteiger partial charge is 0.381 e. The lowest BCUT2D eigenvalue weighted by molar-refractivity contribution is 0.0334. The molecule has 0 saturated carbocycles. The van der Waals surface area contributed by atoms with Gasteiger partial charge in [-0.05, 0) is 36.9 Å². The maximum Gasteiger partial charge on any atom is 0.138 e. The van der Waals surface area contributed by atoms with Crippen LogP contribution in [0.5, 0.6) is 0 Å². The van der Waals surface area contributed by atoms with Crippen molar-refractivity contribution in [1.82, 2.24) is 0 Å². The van der Waals surface area contributed by atoms with E-state index in [4.69, 9.17) is 10.5 Å². The minimum Gasteiger partial charge on any atom is -0.381 e. The van der Waals surface area contributed by atoms with Crippen LogP contribution in [0.25, 0.3) is 0 Å². The number of hydrogen-bond donors (Lipinski definition) is 1. The molecule has 1 aromatic carbocycles. The molecule has 102 valence electrons. The minimum atomic E-state index is -1.30. The highest BCUT2D eigenvalue weighted by atomic mass is 19.1. The van der Waals surface area contributed by atoms with Crippen LogP contribution in [0.15, 0.2) is 24.3 Å². The van der Waals surface area contributed by atoms with Crippen molar-refractivity contribution < 1.29 is 9.13 Å². The first-order chi connectivity index (χ1) is 8.63. The van der Waals surface area contributed by atoms with Gasteiger partial charge in [0.05, 0.1) is 6.61 Å². The van der Waals surface area contributed by atoms with Crippen LogP contribution in [-0.4, -0.2) is 25.9 Å². The average molecular weight is 253 g/mol. The Hall–Kier alpha value is -0.930. The van der Waals surface area contributed by atoms with Crippen molar-refractivity contribution in [3.63, 3.8) is 0 Å². The van der Waals surface area contributed by atoms with Gasteiger partial charge in [-0.1, -0.05) is 31.2 Å². The van der Waals surface area contributed by atoms with Crippen LogP contribution in [0.1, 0.15) is 30.9 Å². The van der Waals surface area contributed by atoms with Gasteiger partial charge >= 0.3 is 0 Å². The van der Waals surface area contributed by atoms with Gasteiger partial charge in [-0.2, -0.15) is 0 Å². The number of alkyl halides is 1. The number of aryl methyl sites for hydroxylation is 1. The fraction of sp³-hybridized carbons (Fsp3) is 0.600. The minimum absolute atomic E-state index is 0.128. The zero-order chi connectivity index (χ0) is 13.4. The molecule has 2 nitrogen and oxygen atoms in total. The Morgan fingerprint density at radius 1 is 1.22 bits per heavy atom. The third-order valence-electron chi connectivity index (χ3n) is 3.18. The maximum atomic E-state index is 14.7. The standard InChI is InChI=1S/C15H24FNO/c1-3-13-5-7-14(8-6-13)11-15(16,12-18-2)9-4-10-17/h5-8H,3-4,9-12,17H2,1-2H3. The van der Waals surface area contributed by atoms with E-state index in [2.05, 4.69) is 19.1 Å². The summed E-state index contributed by atoms with van der Waals surface area (Å²) in [7, 11) is 1.54. The number of rotatable bonds is 8. The van der Waals surface area contributed by atoms with E-state index in [1.807, 2.05) is 12.1 Å². The van der Waals surface area contributed by atoms with Crippen molar-refractivity contribution >= 4 is 0 Å². The van der Waals surface area contributed by atoms with Crippen LogP contribution in [0.4, 0.5) is 4.39 Å². The van der Waals surface area contributed by atoms with E-state index in [1.54, 1.807) is 0 Å². The zero-order valence-electron chi connectivity index (χ0n) is 11.4. The Balaban J connectivity index is 2.68. The molecule has 0 aliphatic carbocycles. The van der Waals surface area contributed by atoms with Gasteiger partial charge in [-0.3, -0.25) is 0 Å². The molecule has 0 heterocycles. The SMILES string of the molecule is CCc1ccc(CC(F)(CCCN)COC)cc1. The maximum absolute atomic E-state index is 14.7. The second-order valence-corrected chi connectivity index (χ2v) is 4.82. The summed E-state index contributed by atoms with van der Waals surface area (Å²) in [4.78, 5) is 0. The van der Waals surface area contributed by atoms with Crippen molar-refractivity contribution in [3.05, 3.63) is 35.4 Å². The fourth-order valence-electron chi connectivity index (χ4n) is 2.15. The number of halogens is 1. The van der Waals surface area contributed by atoms with Crippen LogP contribution in [0, 0.1) is 0 Å². The lowest BCUT2D eigenvalue weighted by Gasteiger charge is -2.24. The Morgan fingerprint density at radius 3 is 2.33 bits per heavy atom. The first-order valence-electron chi connectivity index (χ1n) is 6.59. The van der Waals surface area contributed by atoms with Crippen LogP contribution in [-0.2, 0) is 17.6 Å². The lowest BCUT2D eigenvalue weighted by atomic mass is 9.92. The summed E-state index contributed by atoms with van der Waals surface area (Å²) in [5.74, 6) is 0. The summed E-state index contributed by atoms with van der Waals surface area (Å²) in [6, 6.07) is 8.13. The summed E-state index contributed by atoms with van der Waals surface area (Å²) in [6.45, 7) is 2.76. The first kappa shape index (κ1) is 15.1. The van der Waals surface area contributed by atoms with E-state index in [0.29, 0.717) is 25.8 Å². The highest BCUT2D eigenvalue weighted by Gasteiger charge is 2.29. The molecule has 0 spiro atoms. The van der Waals surface area contributed by atoms with Gasteiger partial charge in [-0.25, -0.2) is 4.39 Å². The summed E-state index contributed by atoms with van der Waals surface area (Å²) in [5, 5.41) is 0. The molecule has 0 aliphatic heterocycles. The van der Waals surface area contributed by atoms with Gasteiger partial charge in [0.25, 0.3) is 0 Å². The van der Waals surface area contributed by atoms with E-state index >= 15 is 0 Å². The smallest absolute Gasteiger partial charge is 0.138 e. The van der Waals surface area contributed by atoms with Gasteiger partial charge in [0.1, 0.15) is 5.67 Å². The average Bonchev–Trinajstić information content (AvgIpc) is 2.38. The Labute approximate surface area is 109 Å². The van der Waals surface area contributed by atoms with Crippen molar-refractivity contribution in [2.75, 3.05) is 20.3 Å². The molecular formula is C15H24FNO. The third-order valence-corrected chi connectivity index (χ3v) is 3.18. The van der Waals surface area contributed by atoms with E-state index in [0.717, 1.165) is 12.0 Å². The predicted octanol–water partition coefficient (Wildman–Crippen LogP) is 2.89. The molecule has 0 fully saturated rings. The Kier molecular flexibility index (Phi) is 6.30. The molecule has 1 aromatic rings. The predicted molar refractivity (Wildman–Crippen MR) is 73.5 cm³/mol. The molecule has 3 heteroatoms. The molecule has 1 atom stereocenters. The molecule has 0 saturated heterocycles. The summed E-state index contributed by atoms with van der Waals surface area (Å²) in [5.41, 5.74) is 6.44. The third kappa shape index (κ3) is 4.75. The highest BCUT2D eigenvalue weighted by Crippen LogP contribution is 2.24. The molecule has 0 aliphatic rings. The van der Waals surface area contributed by atoms with Crippen LogP contribution in [0.2, 0.25) is 0 Å². The molecule has 0 bridgehead atoms. The molecule has 1 rings (SSSR count). The first-order valence-corrected chi connectivity index (χ1v) is 6.59. The molecular weight excluding hydrogens is 229 g/mol. The van der Waals surface area contributed by atoms with Gasteiger partial charge in [0.15, 0.2) is 0 Å². The molecule has 1 unspecified atom stereocenters. The van der Waals surface area contributed by atoms with Crippen LogP contribution < -0.4 is 5.73 Å². The molecule has 0 aromatic heterocycles. The molecule has 18 heavy (non-hydrogen) atoms. The topological polar surface area (TPSA) is 35.2 Å². The Morgan fingerprint density at radius 2 is 1.83 bits per heavy atom. The summed E-state index contributed by atoms with van der Waals surface area (Å²) >= 11 is 0. The van der Waals surface area contributed by atoms with Gasteiger partial charge in [0.2, 0.25) is 0 Å². The lowest BCUT2D eigenvalue weighted by Crippen LogP contribution is -2.32. The summed E-state index contributed by atoms with van der Waals surface area (Å²) in [6.07, 6.45) is 2.54. The van der Waals surface area contributed by atoms with E-state index < -0.39 is 5.67 Å². The van der Waals surface area contributed by atoms with E-state index in [-0.39, 0.29) is 6.61 Å². The van der Waals surface area contributed by atoms with Crippen LogP contribution in [0.3, 0.4) is 0 Å². The van der Waals surface area contributed by atoms with Crippen molar-refractivity contribution in [1.29, 1.82) is 0 Å². The van der Waals surface area contributed by atoms with Crippen molar-refractivity contribution in [2.45, 2.75) is 38.3 Å². The van der Waals surface area contributed by atoms with Gasteiger partial charge < -0.3 is 10.5 Å². The van der Waals surface area contributed by atoms with Crippen molar-refractivity contribution in [2.24, 2.45) is 5.73 Å². The Bertz CT molecular complexity index is 339. The van der Waals surface area contributed by atoms with E-state index in [1.165, 1.54) is 12.7 Å². The number of hydrogen-bond acceptors (Lipinski definition) is 2. The molecule has 2 N–H and O–H groups in total. The van der Waals surface area contributed by atoms with Gasteiger partial charge in [0, 0.05) is 13.5 Å². The van der Waals surface area contributed by atoms with Gasteiger partial charge in [-0.15, -0.1) is 0 Å². The van der Waals surface area contributed by atoms with Crippen molar-refractivity contribution in [3.8, 4) is 0 Å². The number of nitrogens with two attached hydrogens (primary N) is 1. The number of methoxy groups -OCH3 is 1. The summed E-state index contributed by atoms with van der Waals surface area (Å²) < 4.78 is 19.7. The second-order valence-electron chi connectivity index (χ2n) is 4.82. The second kappa shape index (κ2) is 7.49.